The molecule has 0 aromatic heterocycles. The lowest BCUT2D eigenvalue weighted by atomic mass is 10.1. The quantitative estimate of drug-likeness (QED) is 0.710. The highest BCUT2D eigenvalue weighted by Gasteiger charge is 2.34. The van der Waals surface area contributed by atoms with E-state index >= 15 is 0 Å². The smallest absolute Gasteiger partial charge is 0.410 e. The molecule has 1 saturated heterocycles. The molecular weight excluding hydrogens is 419 g/mol. The van der Waals surface area contributed by atoms with Crippen LogP contribution < -0.4 is 19.9 Å². The van der Waals surface area contributed by atoms with Gasteiger partial charge in [0.2, 0.25) is 0 Å². The number of halogens is 4. The van der Waals surface area contributed by atoms with E-state index in [9.17, 15) is 18.0 Å². The molecule has 0 spiro atoms. The van der Waals surface area contributed by atoms with Crippen LogP contribution in [0.5, 0.6) is 5.75 Å². The molecule has 1 N–H and O–H groups in total. The number of amides is 1. The number of hydrogen-bond acceptors (Lipinski definition) is 4. The average Bonchev–Trinajstić information content (AvgIpc) is 2.72. The van der Waals surface area contributed by atoms with Crippen LogP contribution in [0.3, 0.4) is 0 Å². The third-order valence-corrected chi connectivity index (χ3v) is 5.07. The standard InChI is InChI=1S/C21H22ClF3N3O2/c1-2-8-26-20(29)30-17-5-3-4-15(13-17)27-9-11-28(12-10-27)16-6-7-19(22)18(14-16)21(23,24)25/h3-7,13-14H,1-2,8-12H2,(H,26,29). The van der Waals surface area contributed by atoms with Gasteiger partial charge in [-0.15, -0.1) is 0 Å². The Morgan fingerprint density at radius 2 is 1.70 bits per heavy atom. The van der Waals surface area contributed by atoms with Crippen LogP contribution in [0.25, 0.3) is 0 Å². The second kappa shape index (κ2) is 9.47. The maximum Gasteiger partial charge on any atom is 0.417 e. The summed E-state index contributed by atoms with van der Waals surface area (Å²) in [6, 6.07) is 11.1. The van der Waals surface area contributed by atoms with Crippen LogP contribution in [0, 0.1) is 6.92 Å². The predicted octanol–water partition coefficient (Wildman–Crippen LogP) is 5.00. The van der Waals surface area contributed by atoms with Gasteiger partial charge in [-0.3, -0.25) is 0 Å². The third kappa shape index (κ3) is 5.50. The number of anilines is 2. The van der Waals surface area contributed by atoms with Crippen LogP contribution in [0.15, 0.2) is 42.5 Å². The Labute approximate surface area is 178 Å². The van der Waals surface area contributed by atoms with Gasteiger partial charge in [-0.2, -0.15) is 13.2 Å². The number of rotatable bonds is 5. The zero-order chi connectivity index (χ0) is 21.7. The average molecular weight is 441 g/mol. The molecule has 2 aromatic carbocycles. The second-order valence-electron chi connectivity index (χ2n) is 6.80. The highest BCUT2D eigenvalue weighted by atomic mass is 35.5. The van der Waals surface area contributed by atoms with Crippen molar-refractivity contribution in [1.82, 2.24) is 5.32 Å². The van der Waals surface area contributed by atoms with Crippen LogP contribution in [-0.2, 0) is 6.18 Å². The fraction of sp³-hybridized carbons (Fsp3) is 0.333. The second-order valence-corrected chi connectivity index (χ2v) is 7.21. The molecule has 0 saturated carbocycles. The van der Waals surface area contributed by atoms with Crippen LogP contribution in [0.4, 0.5) is 29.3 Å². The summed E-state index contributed by atoms with van der Waals surface area (Å²) in [5.41, 5.74) is 0.542. The molecule has 1 heterocycles. The normalized spacial score (nSPS) is 14.6. The van der Waals surface area contributed by atoms with Crippen molar-refractivity contribution in [2.24, 2.45) is 0 Å². The van der Waals surface area contributed by atoms with E-state index in [1.165, 1.54) is 6.07 Å². The molecule has 2 aromatic rings. The number of nitrogens with one attached hydrogen (secondary N) is 1. The van der Waals surface area contributed by atoms with Gasteiger partial charge in [0.15, 0.2) is 0 Å². The monoisotopic (exact) mass is 440 g/mol. The number of carbonyl (C=O) groups excluding carboxylic acids is 1. The van der Waals surface area contributed by atoms with Crippen molar-refractivity contribution in [1.29, 1.82) is 0 Å². The first-order valence-corrected chi connectivity index (χ1v) is 9.87. The molecule has 3 rings (SSSR count). The van der Waals surface area contributed by atoms with E-state index in [0.717, 1.165) is 11.8 Å². The van der Waals surface area contributed by atoms with Crippen molar-refractivity contribution in [3.63, 3.8) is 0 Å². The Morgan fingerprint density at radius 3 is 2.30 bits per heavy atom. The molecule has 1 aliphatic heterocycles. The van der Waals surface area contributed by atoms with Crippen molar-refractivity contribution in [3.05, 3.63) is 60.0 Å². The SMILES string of the molecule is [CH2]CCNC(=O)Oc1cccc(N2CCN(c3ccc(Cl)c(C(F)(F)F)c3)CC2)c1. The maximum absolute atomic E-state index is 13.1. The molecule has 161 valence electrons. The van der Waals surface area contributed by atoms with E-state index in [4.69, 9.17) is 16.3 Å². The third-order valence-electron chi connectivity index (χ3n) is 4.74. The molecule has 30 heavy (non-hydrogen) atoms. The topological polar surface area (TPSA) is 44.8 Å². The Morgan fingerprint density at radius 1 is 1.07 bits per heavy atom. The zero-order valence-corrected chi connectivity index (χ0v) is 17.0. The van der Waals surface area contributed by atoms with Gasteiger partial charge in [-0.1, -0.05) is 24.6 Å². The van der Waals surface area contributed by atoms with Gasteiger partial charge >= 0.3 is 12.3 Å². The highest BCUT2D eigenvalue weighted by Crippen LogP contribution is 2.37. The van der Waals surface area contributed by atoms with E-state index in [-0.39, 0.29) is 5.02 Å². The lowest BCUT2D eigenvalue weighted by Gasteiger charge is -2.37. The first-order valence-electron chi connectivity index (χ1n) is 9.49. The summed E-state index contributed by atoms with van der Waals surface area (Å²) in [7, 11) is 0. The van der Waals surface area contributed by atoms with Gasteiger partial charge in [0.25, 0.3) is 0 Å². The van der Waals surface area contributed by atoms with Crippen molar-refractivity contribution in [3.8, 4) is 5.75 Å². The lowest BCUT2D eigenvalue weighted by molar-refractivity contribution is -0.137. The Bertz CT molecular complexity index is 884. The summed E-state index contributed by atoms with van der Waals surface area (Å²) in [6.07, 6.45) is -4.46. The van der Waals surface area contributed by atoms with E-state index in [1.54, 1.807) is 24.3 Å². The van der Waals surface area contributed by atoms with Crippen LogP contribution in [-0.4, -0.2) is 38.8 Å². The van der Waals surface area contributed by atoms with Gasteiger partial charge in [-0.25, -0.2) is 4.79 Å². The van der Waals surface area contributed by atoms with E-state index in [2.05, 4.69) is 17.1 Å². The van der Waals surface area contributed by atoms with E-state index in [1.807, 2.05) is 11.0 Å². The number of piperazine rings is 1. The predicted molar refractivity (Wildman–Crippen MR) is 111 cm³/mol. The molecule has 1 amide bonds. The van der Waals surface area contributed by atoms with Gasteiger partial charge in [0.05, 0.1) is 10.6 Å². The van der Waals surface area contributed by atoms with Crippen LogP contribution in [0.1, 0.15) is 12.0 Å². The largest absolute Gasteiger partial charge is 0.417 e. The minimum Gasteiger partial charge on any atom is -0.410 e. The van der Waals surface area contributed by atoms with E-state index < -0.39 is 17.8 Å². The lowest BCUT2D eigenvalue weighted by Crippen LogP contribution is -2.46. The van der Waals surface area contributed by atoms with Crippen LogP contribution in [0.2, 0.25) is 5.02 Å². The fourth-order valence-corrected chi connectivity index (χ4v) is 3.45. The first-order chi connectivity index (χ1) is 14.3. The molecule has 1 aliphatic rings. The number of hydrogen-bond donors (Lipinski definition) is 1. The summed E-state index contributed by atoms with van der Waals surface area (Å²) in [5, 5.41) is 2.28. The van der Waals surface area contributed by atoms with Crippen molar-refractivity contribution in [2.75, 3.05) is 42.5 Å². The maximum atomic E-state index is 13.1. The molecule has 1 radical (unpaired) electrons. The zero-order valence-electron chi connectivity index (χ0n) is 16.2. The molecular formula is C21H22ClF3N3O2. The summed E-state index contributed by atoms with van der Waals surface area (Å²) in [4.78, 5) is 15.7. The van der Waals surface area contributed by atoms with Gasteiger partial charge in [-0.05, 0) is 36.8 Å². The highest BCUT2D eigenvalue weighted by molar-refractivity contribution is 6.31. The molecule has 1 fully saturated rings. The molecule has 0 atom stereocenters. The Hall–Kier alpha value is -2.61. The minimum absolute atomic E-state index is 0.305. The van der Waals surface area contributed by atoms with Gasteiger partial charge < -0.3 is 19.9 Å². The molecule has 5 nitrogen and oxygen atoms in total. The Balaban J connectivity index is 1.63. The number of carbonyl (C=O) groups is 1. The van der Waals surface area contributed by atoms with Crippen LogP contribution >= 0.6 is 11.6 Å². The van der Waals surface area contributed by atoms with Crippen molar-refractivity contribution < 1.29 is 22.7 Å². The number of nitrogens with zero attached hydrogens (tertiary/aromatic N) is 2. The molecule has 9 heteroatoms. The fourth-order valence-electron chi connectivity index (χ4n) is 3.23. The summed E-state index contributed by atoms with van der Waals surface area (Å²) >= 11 is 5.71. The first kappa shape index (κ1) is 22.1. The van der Waals surface area contributed by atoms with Crippen molar-refractivity contribution >= 4 is 29.1 Å². The van der Waals surface area contributed by atoms with Gasteiger partial charge in [0.1, 0.15) is 5.75 Å². The Kier molecular flexibility index (Phi) is 6.97. The number of ether oxygens (including phenoxy) is 1. The number of alkyl halides is 3. The van der Waals surface area contributed by atoms with Gasteiger partial charge in [0, 0.05) is 50.2 Å². The molecule has 0 aliphatic carbocycles. The summed E-state index contributed by atoms with van der Waals surface area (Å²) < 4.78 is 44.6. The summed E-state index contributed by atoms with van der Waals surface area (Å²) in [5.74, 6) is 0.420. The molecule has 0 unspecified atom stereocenters. The number of benzene rings is 2. The summed E-state index contributed by atoms with van der Waals surface area (Å²) in [6.45, 7) is 6.40. The van der Waals surface area contributed by atoms with E-state index in [0.29, 0.717) is 50.6 Å². The van der Waals surface area contributed by atoms with Crippen molar-refractivity contribution in [2.45, 2.75) is 12.6 Å². The minimum atomic E-state index is -4.49. The molecule has 0 bridgehead atoms.